The molecule has 0 aromatic carbocycles. The predicted molar refractivity (Wildman–Crippen MR) is 38.2 cm³/mol. The van der Waals surface area contributed by atoms with Crippen molar-refractivity contribution < 1.29 is 4.74 Å². The van der Waals surface area contributed by atoms with Crippen LogP contribution in [0.4, 0.5) is 0 Å². The molecule has 0 rings (SSSR count). The van der Waals surface area contributed by atoms with Crippen LogP contribution in [-0.2, 0) is 4.74 Å². The van der Waals surface area contributed by atoms with Crippen molar-refractivity contribution in [2.24, 2.45) is 4.99 Å². The Morgan fingerprint density at radius 2 is 2.36 bits per heavy atom. The lowest BCUT2D eigenvalue weighted by Crippen LogP contribution is -2.13. The van der Waals surface area contributed by atoms with E-state index in [2.05, 4.69) is 9.73 Å². The second-order valence-corrected chi connectivity index (χ2v) is 1.55. The second kappa shape index (κ2) is 4.95. The van der Waals surface area contributed by atoms with E-state index in [1.807, 2.05) is 0 Å². The molecule has 0 amide bonds. The van der Waals surface area contributed by atoms with Crippen LogP contribution in [0.3, 0.4) is 0 Å². The molecule has 0 aromatic rings. The molecule has 0 fully saturated rings. The molecule has 1 N–H and O–H groups in total. The number of aliphatic imine (C=N–C) groups is 1. The van der Waals surface area contributed by atoms with Gasteiger partial charge in [-0.15, -0.1) is 0 Å². The second-order valence-electron chi connectivity index (χ2n) is 1.55. The molecule has 0 aliphatic carbocycles. The SMILES string of the molecule is COC=NC(C#N)C(=N)C#N. The zero-order valence-electron chi connectivity index (χ0n) is 5.90. The van der Waals surface area contributed by atoms with Gasteiger partial charge in [-0.25, -0.2) is 4.99 Å². The van der Waals surface area contributed by atoms with E-state index in [4.69, 9.17) is 15.9 Å². The van der Waals surface area contributed by atoms with Crippen LogP contribution in [0.2, 0.25) is 0 Å². The molecule has 0 saturated carbocycles. The Morgan fingerprint density at radius 1 is 1.73 bits per heavy atom. The van der Waals surface area contributed by atoms with Gasteiger partial charge >= 0.3 is 0 Å². The standard InChI is InChI=1S/C6H6N4O/c1-11-4-10-6(3-8)5(9)2-7/h4,6,9H,1H3. The first-order valence-corrected chi connectivity index (χ1v) is 2.68. The van der Waals surface area contributed by atoms with Gasteiger partial charge in [0.1, 0.15) is 11.8 Å². The Bertz CT molecular complexity index is 244. The van der Waals surface area contributed by atoms with Crippen molar-refractivity contribution in [3.63, 3.8) is 0 Å². The lowest BCUT2D eigenvalue weighted by atomic mass is 10.2. The average Bonchev–Trinajstić information content (AvgIpc) is 2.05. The summed E-state index contributed by atoms with van der Waals surface area (Å²) in [6.45, 7) is 0. The highest BCUT2D eigenvalue weighted by molar-refractivity contribution is 6.02. The van der Waals surface area contributed by atoms with Crippen LogP contribution in [0, 0.1) is 28.1 Å². The van der Waals surface area contributed by atoms with Gasteiger partial charge in [0.15, 0.2) is 12.4 Å². The van der Waals surface area contributed by atoms with E-state index >= 15 is 0 Å². The maximum Gasteiger partial charge on any atom is 0.190 e. The van der Waals surface area contributed by atoms with Gasteiger partial charge in [-0.2, -0.15) is 10.5 Å². The summed E-state index contributed by atoms with van der Waals surface area (Å²) >= 11 is 0. The van der Waals surface area contributed by atoms with Crippen molar-refractivity contribution in [3.8, 4) is 12.1 Å². The van der Waals surface area contributed by atoms with Gasteiger partial charge < -0.3 is 4.74 Å². The quantitative estimate of drug-likeness (QED) is 0.456. The number of nitriles is 2. The first-order chi connectivity index (χ1) is 5.26. The lowest BCUT2D eigenvalue weighted by molar-refractivity contribution is 0.421. The maximum absolute atomic E-state index is 8.34. The van der Waals surface area contributed by atoms with E-state index in [1.54, 1.807) is 6.07 Å². The first-order valence-electron chi connectivity index (χ1n) is 2.68. The van der Waals surface area contributed by atoms with Crippen LogP contribution in [0.15, 0.2) is 4.99 Å². The van der Waals surface area contributed by atoms with E-state index < -0.39 is 6.04 Å². The monoisotopic (exact) mass is 150 g/mol. The zero-order chi connectivity index (χ0) is 8.69. The summed E-state index contributed by atoms with van der Waals surface area (Å²) in [7, 11) is 1.37. The fourth-order valence-corrected chi connectivity index (χ4v) is 0.355. The molecule has 56 valence electrons. The topological polar surface area (TPSA) is 93.0 Å². The van der Waals surface area contributed by atoms with Gasteiger partial charge in [-0.1, -0.05) is 0 Å². The molecule has 5 heteroatoms. The smallest absolute Gasteiger partial charge is 0.190 e. The number of hydrogen-bond acceptors (Lipinski definition) is 5. The maximum atomic E-state index is 8.34. The molecular formula is C6H6N4O. The Balaban J connectivity index is 4.23. The van der Waals surface area contributed by atoms with Crippen LogP contribution in [0.5, 0.6) is 0 Å². The van der Waals surface area contributed by atoms with E-state index in [0.717, 1.165) is 6.40 Å². The normalized spacial score (nSPS) is 11.5. The lowest BCUT2D eigenvalue weighted by Gasteiger charge is -1.94. The van der Waals surface area contributed by atoms with E-state index in [1.165, 1.54) is 13.2 Å². The molecule has 0 aliphatic heterocycles. The van der Waals surface area contributed by atoms with Crippen molar-refractivity contribution >= 4 is 12.1 Å². The third-order valence-electron chi connectivity index (χ3n) is 0.832. The minimum absolute atomic E-state index is 0.388. The van der Waals surface area contributed by atoms with Crippen molar-refractivity contribution in [2.45, 2.75) is 6.04 Å². The molecule has 0 heterocycles. The van der Waals surface area contributed by atoms with Gasteiger partial charge in [0.2, 0.25) is 0 Å². The molecule has 11 heavy (non-hydrogen) atoms. The van der Waals surface area contributed by atoms with Crippen molar-refractivity contribution in [3.05, 3.63) is 0 Å². The third kappa shape index (κ3) is 2.97. The molecule has 0 aromatic heterocycles. The Morgan fingerprint density at radius 3 is 2.73 bits per heavy atom. The van der Waals surface area contributed by atoms with Crippen LogP contribution in [0.1, 0.15) is 0 Å². The Hall–Kier alpha value is -1.88. The molecule has 0 radical (unpaired) electrons. The van der Waals surface area contributed by atoms with E-state index in [0.29, 0.717) is 0 Å². The molecule has 0 aliphatic rings. The molecule has 1 atom stereocenters. The van der Waals surface area contributed by atoms with Gasteiger partial charge in [0.05, 0.1) is 13.2 Å². The largest absolute Gasteiger partial charge is 0.487 e. The number of nitrogens with zero attached hydrogens (tertiary/aromatic N) is 3. The van der Waals surface area contributed by atoms with Gasteiger partial charge in [0, 0.05) is 0 Å². The van der Waals surface area contributed by atoms with Crippen molar-refractivity contribution in [1.82, 2.24) is 0 Å². The molecule has 0 bridgehead atoms. The number of nitrogens with one attached hydrogen (secondary N) is 1. The summed E-state index contributed by atoms with van der Waals surface area (Å²) in [4.78, 5) is 3.48. The summed E-state index contributed by atoms with van der Waals surface area (Å²) in [6, 6.07) is 2.14. The number of methoxy groups -OCH3 is 1. The fourth-order valence-electron chi connectivity index (χ4n) is 0.355. The zero-order valence-corrected chi connectivity index (χ0v) is 5.90. The Kier molecular flexibility index (Phi) is 4.10. The number of hydrogen-bond donors (Lipinski definition) is 1. The number of rotatable bonds is 3. The first kappa shape index (κ1) is 9.12. The molecule has 0 saturated heterocycles. The van der Waals surface area contributed by atoms with E-state index in [-0.39, 0.29) is 5.71 Å². The summed E-state index contributed by atoms with van der Waals surface area (Å²) in [6.07, 6.45) is 1.03. The summed E-state index contributed by atoms with van der Waals surface area (Å²) in [5, 5.41) is 23.5. The average molecular weight is 150 g/mol. The van der Waals surface area contributed by atoms with Crippen LogP contribution < -0.4 is 0 Å². The van der Waals surface area contributed by atoms with Crippen LogP contribution >= 0.6 is 0 Å². The molecule has 5 nitrogen and oxygen atoms in total. The highest BCUT2D eigenvalue weighted by Crippen LogP contribution is 1.89. The Labute approximate surface area is 64.0 Å². The minimum Gasteiger partial charge on any atom is -0.487 e. The highest BCUT2D eigenvalue weighted by atomic mass is 16.5. The van der Waals surface area contributed by atoms with Crippen LogP contribution in [0.25, 0.3) is 0 Å². The molecular weight excluding hydrogens is 144 g/mol. The third-order valence-corrected chi connectivity index (χ3v) is 0.832. The van der Waals surface area contributed by atoms with E-state index in [9.17, 15) is 0 Å². The fraction of sp³-hybridized carbons (Fsp3) is 0.333. The van der Waals surface area contributed by atoms with Crippen molar-refractivity contribution in [2.75, 3.05) is 7.11 Å². The summed E-state index contributed by atoms with van der Waals surface area (Å²) in [5.74, 6) is 0. The summed E-state index contributed by atoms with van der Waals surface area (Å²) in [5.41, 5.74) is -0.388. The van der Waals surface area contributed by atoms with Gasteiger partial charge in [-0.3, -0.25) is 5.41 Å². The van der Waals surface area contributed by atoms with Gasteiger partial charge in [-0.05, 0) is 0 Å². The van der Waals surface area contributed by atoms with Crippen LogP contribution in [-0.4, -0.2) is 25.3 Å². The molecule has 0 spiro atoms. The predicted octanol–water partition coefficient (Wildman–Crippen LogP) is 0.0966. The van der Waals surface area contributed by atoms with Gasteiger partial charge in [0.25, 0.3) is 0 Å². The highest BCUT2D eigenvalue weighted by Gasteiger charge is 2.09. The number of ether oxygens (including phenoxy) is 1. The summed E-state index contributed by atoms with van der Waals surface area (Å²) < 4.78 is 4.42. The molecule has 1 unspecified atom stereocenters. The van der Waals surface area contributed by atoms with Crippen molar-refractivity contribution in [1.29, 1.82) is 15.9 Å². The minimum atomic E-state index is -1.04.